The summed E-state index contributed by atoms with van der Waals surface area (Å²) < 4.78 is 0. The van der Waals surface area contributed by atoms with Crippen molar-refractivity contribution < 1.29 is 9.59 Å². The molecule has 0 spiro atoms. The van der Waals surface area contributed by atoms with E-state index in [0.717, 1.165) is 0 Å². The van der Waals surface area contributed by atoms with E-state index in [2.05, 4.69) is 10.6 Å². The SMILES string of the molecule is CC(C)CNC(=O)CNC(=O)C(C)(C)CN. The predicted molar refractivity (Wildman–Crippen MR) is 63.7 cm³/mol. The van der Waals surface area contributed by atoms with E-state index < -0.39 is 5.41 Å². The molecule has 0 unspecified atom stereocenters. The van der Waals surface area contributed by atoms with Crippen LogP contribution in [0.3, 0.4) is 0 Å². The molecule has 5 heteroatoms. The molecule has 0 atom stereocenters. The van der Waals surface area contributed by atoms with Crippen LogP contribution >= 0.6 is 0 Å². The van der Waals surface area contributed by atoms with Gasteiger partial charge in [0, 0.05) is 13.1 Å². The van der Waals surface area contributed by atoms with E-state index >= 15 is 0 Å². The van der Waals surface area contributed by atoms with Crippen LogP contribution < -0.4 is 16.4 Å². The fourth-order valence-electron chi connectivity index (χ4n) is 0.873. The molecule has 2 amide bonds. The molecule has 0 heterocycles. The van der Waals surface area contributed by atoms with Crippen LogP contribution in [0.5, 0.6) is 0 Å². The molecule has 0 radical (unpaired) electrons. The van der Waals surface area contributed by atoms with Crippen LogP contribution in [0.1, 0.15) is 27.7 Å². The number of nitrogens with one attached hydrogen (secondary N) is 2. The average molecular weight is 229 g/mol. The largest absolute Gasteiger partial charge is 0.354 e. The molecule has 4 N–H and O–H groups in total. The third-order valence-corrected chi connectivity index (χ3v) is 2.24. The van der Waals surface area contributed by atoms with Crippen molar-refractivity contribution in [2.24, 2.45) is 17.1 Å². The van der Waals surface area contributed by atoms with Gasteiger partial charge in [0.2, 0.25) is 11.8 Å². The van der Waals surface area contributed by atoms with Crippen molar-refractivity contribution in [2.45, 2.75) is 27.7 Å². The first-order chi connectivity index (χ1) is 7.29. The van der Waals surface area contributed by atoms with Crippen molar-refractivity contribution in [3.63, 3.8) is 0 Å². The zero-order chi connectivity index (χ0) is 12.8. The number of hydrogen-bond acceptors (Lipinski definition) is 3. The minimum absolute atomic E-state index is 0.00891. The maximum Gasteiger partial charge on any atom is 0.239 e. The summed E-state index contributed by atoms with van der Waals surface area (Å²) in [6.45, 7) is 8.39. The smallest absolute Gasteiger partial charge is 0.239 e. The van der Waals surface area contributed by atoms with E-state index in [-0.39, 0.29) is 24.9 Å². The molecule has 0 aliphatic heterocycles. The monoisotopic (exact) mass is 229 g/mol. The highest BCUT2D eigenvalue weighted by Crippen LogP contribution is 2.11. The van der Waals surface area contributed by atoms with Gasteiger partial charge in [-0.1, -0.05) is 13.8 Å². The first-order valence-corrected chi connectivity index (χ1v) is 5.54. The number of carbonyl (C=O) groups excluding carboxylic acids is 2. The Balaban J connectivity index is 3.89. The molecule has 0 aliphatic rings. The summed E-state index contributed by atoms with van der Waals surface area (Å²) >= 11 is 0. The van der Waals surface area contributed by atoms with Crippen LogP contribution in [0, 0.1) is 11.3 Å². The van der Waals surface area contributed by atoms with Gasteiger partial charge in [0.15, 0.2) is 0 Å². The van der Waals surface area contributed by atoms with Gasteiger partial charge in [-0.3, -0.25) is 9.59 Å². The molecule has 5 nitrogen and oxygen atoms in total. The predicted octanol–water partition coefficient (Wildman–Crippen LogP) is -0.140. The Morgan fingerprint density at radius 2 is 1.81 bits per heavy atom. The number of nitrogens with two attached hydrogens (primary N) is 1. The fraction of sp³-hybridized carbons (Fsp3) is 0.818. The van der Waals surface area contributed by atoms with Crippen molar-refractivity contribution in [1.29, 1.82) is 0 Å². The molecule has 0 aromatic rings. The lowest BCUT2D eigenvalue weighted by molar-refractivity contribution is -0.131. The number of amides is 2. The topological polar surface area (TPSA) is 84.2 Å². The Labute approximate surface area is 97.2 Å². The Bertz CT molecular complexity index is 250. The normalized spacial score (nSPS) is 11.4. The number of hydrogen-bond donors (Lipinski definition) is 3. The van der Waals surface area contributed by atoms with Gasteiger partial charge in [0.05, 0.1) is 12.0 Å². The van der Waals surface area contributed by atoms with Crippen LogP contribution in [0.2, 0.25) is 0 Å². The third-order valence-electron chi connectivity index (χ3n) is 2.24. The summed E-state index contributed by atoms with van der Waals surface area (Å²) in [5, 5.41) is 5.29. The van der Waals surface area contributed by atoms with Gasteiger partial charge in [0.1, 0.15) is 0 Å². The van der Waals surface area contributed by atoms with Crippen LogP contribution in [0.15, 0.2) is 0 Å². The molecule has 16 heavy (non-hydrogen) atoms. The number of carbonyl (C=O) groups is 2. The van der Waals surface area contributed by atoms with E-state index in [1.165, 1.54) is 0 Å². The maximum absolute atomic E-state index is 11.6. The highest BCUT2D eigenvalue weighted by Gasteiger charge is 2.25. The Kier molecular flexibility index (Phi) is 6.03. The standard InChI is InChI=1S/C11H23N3O2/c1-8(2)5-13-9(15)6-14-10(16)11(3,4)7-12/h8H,5-7,12H2,1-4H3,(H,13,15)(H,14,16). The summed E-state index contributed by atoms with van der Waals surface area (Å²) in [6, 6.07) is 0. The van der Waals surface area contributed by atoms with E-state index in [4.69, 9.17) is 5.73 Å². The lowest BCUT2D eigenvalue weighted by atomic mass is 9.93. The third kappa shape index (κ3) is 5.70. The Hall–Kier alpha value is -1.10. The lowest BCUT2D eigenvalue weighted by Gasteiger charge is -2.21. The minimum Gasteiger partial charge on any atom is -0.354 e. The summed E-state index contributed by atoms with van der Waals surface area (Å²) in [6.07, 6.45) is 0. The maximum atomic E-state index is 11.6. The Morgan fingerprint density at radius 1 is 1.25 bits per heavy atom. The first-order valence-electron chi connectivity index (χ1n) is 5.54. The zero-order valence-corrected chi connectivity index (χ0v) is 10.6. The second kappa shape index (κ2) is 6.48. The van der Waals surface area contributed by atoms with Crippen molar-refractivity contribution >= 4 is 11.8 Å². The molecular formula is C11H23N3O2. The van der Waals surface area contributed by atoms with E-state index in [1.54, 1.807) is 13.8 Å². The first kappa shape index (κ1) is 14.9. The molecule has 0 aliphatic carbocycles. The van der Waals surface area contributed by atoms with Crippen LogP contribution in [-0.4, -0.2) is 31.4 Å². The lowest BCUT2D eigenvalue weighted by Crippen LogP contribution is -2.46. The molecule has 0 aromatic heterocycles. The quantitative estimate of drug-likeness (QED) is 0.592. The van der Waals surface area contributed by atoms with Gasteiger partial charge < -0.3 is 16.4 Å². The highest BCUT2D eigenvalue weighted by molar-refractivity contribution is 5.87. The second-order valence-corrected chi connectivity index (χ2v) is 4.97. The summed E-state index contributed by atoms with van der Waals surface area (Å²) in [5.41, 5.74) is 4.82. The molecule has 0 aromatic carbocycles. The molecule has 0 bridgehead atoms. The van der Waals surface area contributed by atoms with Crippen LogP contribution in [0.4, 0.5) is 0 Å². The summed E-state index contributed by atoms with van der Waals surface area (Å²) in [5.74, 6) is 0.0321. The Morgan fingerprint density at radius 3 is 2.25 bits per heavy atom. The molecule has 94 valence electrons. The fourth-order valence-corrected chi connectivity index (χ4v) is 0.873. The zero-order valence-electron chi connectivity index (χ0n) is 10.6. The van der Waals surface area contributed by atoms with E-state index in [1.807, 2.05) is 13.8 Å². The summed E-state index contributed by atoms with van der Waals surface area (Å²) in [7, 11) is 0. The highest BCUT2D eigenvalue weighted by atomic mass is 16.2. The minimum atomic E-state index is -0.627. The van der Waals surface area contributed by atoms with Gasteiger partial charge in [-0.15, -0.1) is 0 Å². The molecule has 0 rings (SSSR count). The molecule has 0 fully saturated rings. The number of rotatable bonds is 6. The van der Waals surface area contributed by atoms with Gasteiger partial charge in [0.25, 0.3) is 0 Å². The van der Waals surface area contributed by atoms with E-state index in [0.29, 0.717) is 12.5 Å². The van der Waals surface area contributed by atoms with Crippen molar-refractivity contribution in [2.75, 3.05) is 19.6 Å². The van der Waals surface area contributed by atoms with Crippen LogP contribution in [-0.2, 0) is 9.59 Å². The average Bonchev–Trinajstić information content (AvgIpc) is 2.22. The molecule has 0 saturated carbocycles. The molecule has 0 saturated heterocycles. The van der Waals surface area contributed by atoms with Crippen molar-refractivity contribution in [3.05, 3.63) is 0 Å². The van der Waals surface area contributed by atoms with Crippen molar-refractivity contribution in [1.82, 2.24) is 10.6 Å². The second-order valence-electron chi connectivity index (χ2n) is 4.97. The van der Waals surface area contributed by atoms with Gasteiger partial charge in [-0.2, -0.15) is 0 Å². The van der Waals surface area contributed by atoms with Gasteiger partial charge >= 0.3 is 0 Å². The van der Waals surface area contributed by atoms with E-state index in [9.17, 15) is 9.59 Å². The van der Waals surface area contributed by atoms with Gasteiger partial charge in [-0.05, 0) is 19.8 Å². The summed E-state index contributed by atoms with van der Waals surface area (Å²) in [4.78, 5) is 22.9. The molecular weight excluding hydrogens is 206 g/mol. The van der Waals surface area contributed by atoms with Gasteiger partial charge in [-0.25, -0.2) is 0 Å². The van der Waals surface area contributed by atoms with Crippen LogP contribution in [0.25, 0.3) is 0 Å². The van der Waals surface area contributed by atoms with Crippen molar-refractivity contribution in [3.8, 4) is 0 Å².